The highest BCUT2D eigenvalue weighted by molar-refractivity contribution is 5.77. The minimum atomic E-state index is -0.510. The summed E-state index contributed by atoms with van der Waals surface area (Å²) in [5.74, 6) is -0.510. The molecule has 3 rings (SSSR count). The second kappa shape index (κ2) is 7.65. The van der Waals surface area contributed by atoms with Crippen molar-refractivity contribution >= 4 is 16.9 Å². The Hall–Kier alpha value is -3.09. The lowest BCUT2D eigenvalue weighted by atomic mass is 10.2. The van der Waals surface area contributed by atoms with Crippen LogP contribution >= 0.6 is 0 Å². The van der Waals surface area contributed by atoms with E-state index in [1.807, 2.05) is 25.1 Å². The third-order valence-corrected chi connectivity index (χ3v) is 3.69. The van der Waals surface area contributed by atoms with E-state index in [9.17, 15) is 9.59 Å². The first-order valence-corrected chi connectivity index (χ1v) is 8.04. The molecule has 0 saturated carbocycles. The largest absolute Gasteiger partial charge is 0.464 e. The van der Waals surface area contributed by atoms with Crippen LogP contribution in [0.3, 0.4) is 0 Å². The highest BCUT2D eigenvalue weighted by Gasteiger charge is 2.10. The van der Waals surface area contributed by atoms with Crippen LogP contribution in [0.5, 0.6) is 0 Å². The molecule has 2 heterocycles. The van der Waals surface area contributed by atoms with Crippen molar-refractivity contribution in [1.82, 2.24) is 20.0 Å². The fourth-order valence-electron chi connectivity index (χ4n) is 2.47. The number of aromatic nitrogens is 4. The number of aryl methyl sites for hydroxylation is 2. The Morgan fingerprint density at radius 3 is 2.84 bits per heavy atom. The van der Waals surface area contributed by atoms with Gasteiger partial charge in [0.25, 0.3) is 5.56 Å². The van der Waals surface area contributed by atoms with Gasteiger partial charge in [-0.2, -0.15) is 4.68 Å². The second-order valence-corrected chi connectivity index (χ2v) is 5.66. The van der Waals surface area contributed by atoms with Gasteiger partial charge < -0.3 is 4.74 Å². The second-order valence-electron chi connectivity index (χ2n) is 5.66. The predicted octanol–water partition coefficient (Wildman–Crippen LogP) is 1.67. The van der Waals surface area contributed by atoms with E-state index in [0.29, 0.717) is 17.3 Å². The molecular weight excluding hydrogens is 320 g/mol. The standard InChI is InChI=1S/C18H18N4O3/c1-13-6-4-7-14(19-13)8-5-11-25-17(23)12-22-18(24)15-9-2-3-10-16(15)20-21-22/h2-4,6-7,9-10H,5,8,11-12H2,1H3. The molecule has 0 aliphatic rings. The fourth-order valence-corrected chi connectivity index (χ4v) is 2.47. The molecule has 0 radical (unpaired) electrons. The Bertz CT molecular complexity index is 952. The van der Waals surface area contributed by atoms with E-state index in [-0.39, 0.29) is 18.7 Å². The summed E-state index contributed by atoms with van der Waals surface area (Å²) in [6, 6.07) is 12.7. The number of carbonyl (C=O) groups excluding carboxylic acids is 1. The number of benzene rings is 1. The third-order valence-electron chi connectivity index (χ3n) is 3.69. The molecule has 0 spiro atoms. The van der Waals surface area contributed by atoms with Gasteiger partial charge in [-0.25, -0.2) is 0 Å². The van der Waals surface area contributed by atoms with Gasteiger partial charge in [-0.1, -0.05) is 23.4 Å². The summed E-state index contributed by atoms with van der Waals surface area (Å²) in [5, 5.41) is 8.14. The van der Waals surface area contributed by atoms with E-state index in [4.69, 9.17) is 4.74 Å². The number of rotatable bonds is 6. The average molecular weight is 338 g/mol. The normalized spacial score (nSPS) is 10.8. The van der Waals surface area contributed by atoms with E-state index >= 15 is 0 Å². The number of fused-ring (bicyclic) bond motifs is 1. The Kier molecular flexibility index (Phi) is 5.13. The first kappa shape index (κ1) is 16.8. The van der Waals surface area contributed by atoms with Crippen molar-refractivity contribution in [3.63, 3.8) is 0 Å². The van der Waals surface area contributed by atoms with Crippen molar-refractivity contribution in [2.75, 3.05) is 6.61 Å². The van der Waals surface area contributed by atoms with Gasteiger partial charge in [0.1, 0.15) is 12.1 Å². The number of hydrogen-bond acceptors (Lipinski definition) is 6. The summed E-state index contributed by atoms with van der Waals surface area (Å²) in [5.41, 5.74) is 2.07. The van der Waals surface area contributed by atoms with Crippen molar-refractivity contribution in [3.8, 4) is 0 Å². The molecule has 0 unspecified atom stereocenters. The van der Waals surface area contributed by atoms with Gasteiger partial charge in [-0.3, -0.25) is 14.6 Å². The van der Waals surface area contributed by atoms with Crippen molar-refractivity contribution < 1.29 is 9.53 Å². The highest BCUT2D eigenvalue weighted by Crippen LogP contribution is 2.04. The zero-order valence-electron chi connectivity index (χ0n) is 13.9. The van der Waals surface area contributed by atoms with E-state index in [1.165, 1.54) is 0 Å². The maximum absolute atomic E-state index is 12.3. The van der Waals surface area contributed by atoms with Crippen LogP contribution in [0.2, 0.25) is 0 Å². The van der Waals surface area contributed by atoms with Crippen LogP contribution in [0, 0.1) is 6.92 Å². The van der Waals surface area contributed by atoms with E-state index in [0.717, 1.165) is 22.5 Å². The van der Waals surface area contributed by atoms with Gasteiger partial charge in [0.05, 0.1) is 12.0 Å². The van der Waals surface area contributed by atoms with Crippen molar-refractivity contribution in [2.24, 2.45) is 0 Å². The lowest BCUT2D eigenvalue weighted by molar-refractivity contribution is -0.144. The summed E-state index contributed by atoms with van der Waals surface area (Å²) in [4.78, 5) is 28.6. The van der Waals surface area contributed by atoms with E-state index in [2.05, 4.69) is 15.3 Å². The van der Waals surface area contributed by atoms with E-state index in [1.54, 1.807) is 24.3 Å². The average Bonchev–Trinajstić information content (AvgIpc) is 2.61. The minimum Gasteiger partial charge on any atom is -0.464 e. The molecule has 2 aromatic heterocycles. The van der Waals surface area contributed by atoms with Crippen LogP contribution < -0.4 is 5.56 Å². The SMILES string of the molecule is Cc1cccc(CCCOC(=O)Cn2nnc3ccccc3c2=O)n1. The number of carbonyl (C=O) groups is 1. The Morgan fingerprint density at radius 1 is 1.16 bits per heavy atom. The van der Waals surface area contributed by atoms with E-state index < -0.39 is 5.97 Å². The number of hydrogen-bond donors (Lipinski definition) is 0. The smallest absolute Gasteiger partial charge is 0.327 e. The molecule has 0 bridgehead atoms. The lowest BCUT2D eigenvalue weighted by Crippen LogP contribution is -2.28. The van der Waals surface area contributed by atoms with Gasteiger partial charge in [0, 0.05) is 11.4 Å². The molecule has 0 N–H and O–H groups in total. The molecule has 0 aliphatic carbocycles. The topological polar surface area (TPSA) is 87.0 Å². The molecule has 0 saturated heterocycles. The van der Waals surface area contributed by atoms with Crippen molar-refractivity contribution in [2.45, 2.75) is 26.3 Å². The Balaban J connectivity index is 1.53. The zero-order valence-corrected chi connectivity index (χ0v) is 13.9. The fraction of sp³-hybridized carbons (Fsp3) is 0.278. The molecule has 0 fully saturated rings. The monoisotopic (exact) mass is 338 g/mol. The van der Waals surface area contributed by atoms with Crippen LogP contribution in [0.15, 0.2) is 47.3 Å². The van der Waals surface area contributed by atoms with Gasteiger partial charge in [-0.15, -0.1) is 5.10 Å². The minimum absolute atomic E-state index is 0.251. The van der Waals surface area contributed by atoms with Crippen molar-refractivity contribution in [3.05, 3.63) is 64.2 Å². The molecule has 0 atom stereocenters. The maximum Gasteiger partial charge on any atom is 0.327 e. The molecule has 0 aliphatic heterocycles. The van der Waals surface area contributed by atoms with Crippen LogP contribution in [-0.4, -0.2) is 32.6 Å². The van der Waals surface area contributed by atoms with Gasteiger partial charge in [0.15, 0.2) is 0 Å². The molecule has 3 aromatic rings. The molecule has 1 aromatic carbocycles. The van der Waals surface area contributed by atoms with Crippen LogP contribution in [-0.2, 0) is 22.5 Å². The highest BCUT2D eigenvalue weighted by atomic mass is 16.5. The van der Waals surface area contributed by atoms with Crippen LogP contribution in [0.4, 0.5) is 0 Å². The summed E-state index contributed by atoms with van der Waals surface area (Å²) >= 11 is 0. The first-order chi connectivity index (χ1) is 12.1. The molecule has 25 heavy (non-hydrogen) atoms. The van der Waals surface area contributed by atoms with Crippen LogP contribution in [0.1, 0.15) is 17.8 Å². The third kappa shape index (κ3) is 4.26. The van der Waals surface area contributed by atoms with Crippen LogP contribution in [0.25, 0.3) is 10.9 Å². The Labute approximate surface area is 144 Å². The number of pyridine rings is 1. The van der Waals surface area contributed by atoms with Crippen molar-refractivity contribution in [1.29, 1.82) is 0 Å². The van der Waals surface area contributed by atoms with Gasteiger partial charge >= 0.3 is 5.97 Å². The summed E-state index contributed by atoms with van der Waals surface area (Å²) in [6.45, 7) is 1.95. The quantitative estimate of drug-likeness (QED) is 0.502. The summed E-state index contributed by atoms with van der Waals surface area (Å²) in [6.07, 6.45) is 1.39. The first-order valence-electron chi connectivity index (χ1n) is 8.04. The van der Waals surface area contributed by atoms with Gasteiger partial charge in [0.2, 0.25) is 0 Å². The molecular formula is C18H18N4O3. The Morgan fingerprint density at radius 2 is 2.00 bits per heavy atom. The molecule has 0 amide bonds. The predicted molar refractivity (Wildman–Crippen MR) is 92.1 cm³/mol. The summed E-state index contributed by atoms with van der Waals surface area (Å²) in [7, 11) is 0. The summed E-state index contributed by atoms with van der Waals surface area (Å²) < 4.78 is 6.19. The number of ether oxygens (including phenoxy) is 1. The number of nitrogens with zero attached hydrogens (tertiary/aromatic N) is 4. The lowest BCUT2D eigenvalue weighted by Gasteiger charge is -2.06. The maximum atomic E-state index is 12.3. The molecule has 128 valence electrons. The number of esters is 1. The zero-order chi connectivity index (χ0) is 17.6. The van der Waals surface area contributed by atoms with Gasteiger partial charge in [-0.05, 0) is 44.0 Å². The molecule has 7 heteroatoms. The molecule has 7 nitrogen and oxygen atoms in total.